The van der Waals surface area contributed by atoms with Crippen LogP contribution >= 0.6 is 0 Å². The molecule has 23 heavy (non-hydrogen) atoms. The summed E-state index contributed by atoms with van der Waals surface area (Å²) < 4.78 is 10.6. The molecule has 0 radical (unpaired) electrons. The molecule has 1 aliphatic rings. The molecule has 0 bridgehead atoms. The van der Waals surface area contributed by atoms with E-state index in [2.05, 4.69) is 5.32 Å². The summed E-state index contributed by atoms with van der Waals surface area (Å²) in [4.78, 5) is 12.3. The number of methoxy groups -OCH3 is 2. The highest BCUT2D eigenvalue weighted by molar-refractivity contribution is 5.90. The molecular weight excluding hydrogens is 294 g/mol. The fourth-order valence-electron chi connectivity index (χ4n) is 3.09. The summed E-state index contributed by atoms with van der Waals surface area (Å²) >= 11 is 0. The van der Waals surface area contributed by atoms with Gasteiger partial charge in [-0.2, -0.15) is 0 Å². The SMILES string of the molecule is COc1ccc([C@@H]2CNC(=O)[C@@]2(O)c2ccccc2)cc1OC. The van der Waals surface area contributed by atoms with Crippen molar-refractivity contribution in [1.29, 1.82) is 0 Å². The average Bonchev–Trinajstić information content (AvgIpc) is 2.91. The predicted molar refractivity (Wildman–Crippen MR) is 85.6 cm³/mol. The molecular formula is C18H19NO4. The largest absolute Gasteiger partial charge is 0.493 e. The minimum Gasteiger partial charge on any atom is -0.493 e. The molecule has 2 aromatic rings. The van der Waals surface area contributed by atoms with E-state index in [9.17, 15) is 9.90 Å². The number of nitrogens with one attached hydrogen (secondary N) is 1. The van der Waals surface area contributed by atoms with Crippen molar-refractivity contribution in [2.24, 2.45) is 0 Å². The number of carbonyl (C=O) groups excluding carboxylic acids is 1. The molecule has 2 N–H and O–H groups in total. The smallest absolute Gasteiger partial charge is 0.257 e. The van der Waals surface area contributed by atoms with E-state index in [0.717, 1.165) is 5.56 Å². The van der Waals surface area contributed by atoms with E-state index in [4.69, 9.17) is 9.47 Å². The Hall–Kier alpha value is -2.53. The second-order valence-electron chi connectivity index (χ2n) is 5.51. The summed E-state index contributed by atoms with van der Waals surface area (Å²) in [5, 5.41) is 13.9. The Labute approximate surface area is 134 Å². The second-order valence-corrected chi connectivity index (χ2v) is 5.51. The Balaban J connectivity index is 2.07. The van der Waals surface area contributed by atoms with Crippen LogP contribution < -0.4 is 14.8 Å². The lowest BCUT2D eigenvalue weighted by Gasteiger charge is -2.28. The Morgan fingerprint density at radius 1 is 1.09 bits per heavy atom. The summed E-state index contributed by atoms with van der Waals surface area (Å²) in [7, 11) is 3.13. The summed E-state index contributed by atoms with van der Waals surface area (Å²) in [6, 6.07) is 14.4. The highest BCUT2D eigenvalue weighted by atomic mass is 16.5. The van der Waals surface area contributed by atoms with E-state index in [1.807, 2.05) is 24.3 Å². The minimum absolute atomic E-state index is 0.361. The lowest BCUT2D eigenvalue weighted by atomic mass is 9.79. The van der Waals surface area contributed by atoms with Crippen LogP contribution in [-0.4, -0.2) is 31.8 Å². The molecule has 1 amide bonds. The fourth-order valence-corrected chi connectivity index (χ4v) is 3.09. The zero-order chi connectivity index (χ0) is 16.4. The van der Waals surface area contributed by atoms with Gasteiger partial charge < -0.3 is 19.9 Å². The molecule has 0 saturated carbocycles. The molecule has 0 aliphatic carbocycles. The van der Waals surface area contributed by atoms with Gasteiger partial charge in [-0.3, -0.25) is 4.79 Å². The van der Waals surface area contributed by atoms with Crippen LogP contribution in [0.3, 0.4) is 0 Å². The molecule has 2 aromatic carbocycles. The maximum Gasteiger partial charge on any atom is 0.257 e. The lowest BCUT2D eigenvalue weighted by molar-refractivity contribution is -0.137. The van der Waals surface area contributed by atoms with Crippen molar-refractivity contribution in [2.75, 3.05) is 20.8 Å². The van der Waals surface area contributed by atoms with Crippen molar-refractivity contribution >= 4 is 5.91 Å². The van der Waals surface area contributed by atoms with Crippen molar-refractivity contribution in [2.45, 2.75) is 11.5 Å². The maximum atomic E-state index is 12.3. The zero-order valence-corrected chi connectivity index (χ0v) is 13.1. The van der Waals surface area contributed by atoms with Crippen LogP contribution in [0.2, 0.25) is 0 Å². The van der Waals surface area contributed by atoms with Crippen LogP contribution in [0, 0.1) is 0 Å². The van der Waals surface area contributed by atoms with Crippen LogP contribution in [0.5, 0.6) is 11.5 Å². The van der Waals surface area contributed by atoms with Crippen molar-refractivity contribution in [3.8, 4) is 11.5 Å². The zero-order valence-electron chi connectivity index (χ0n) is 13.1. The van der Waals surface area contributed by atoms with Crippen LogP contribution in [0.4, 0.5) is 0 Å². The Morgan fingerprint density at radius 3 is 2.43 bits per heavy atom. The molecule has 1 fully saturated rings. The van der Waals surface area contributed by atoms with Gasteiger partial charge in [0.1, 0.15) is 0 Å². The van der Waals surface area contributed by atoms with Gasteiger partial charge in [-0.15, -0.1) is 0 Å². The molecule has 5 heteroatoms. The van der Waals surface area contributed by atoms with E-state index in [1.165, 1.54) is 0 Å². The van der Waals surface area contributed by atoms with E-state index in [-0.39, 0.29) is 5.91 Å². The van der Waals surface area contributed by atoms with Crippen molar-refractivity contribution in [1.82, 2.24) is 5.32 Å². The number of ether oxygens (including phenoxy) is 2. The summed E-state index contributed by atoms with van der Waals surface area (Å²) in [6.07, 6.45) is 0. The van der Waals surface area contributed by atoms with E-state index in [1.54, 1.807) is 38.5 Å². The first-order chi connectivity index (χ1) is 11.1. The van der Waals surface area contributed by atoms with Crippen LogP contribution in [-0.2, 0) is 10.4 Å². The molecule has 1 aliphatic heterocycles. The first-order valence-electron chi connectivity index (χ1n) is 7.39. The van der Waals surface area contributed by atoms with Gasteiger partial charge in [0.2, 0.25) is 0 Å². The standard InChI is InChI=1S/C18H19NO4/c1-22-15-9-8-12(10-16(15)23-2)14-11-19-17(20)18(14,21)13-6-4-3-5-7-13/h3-10,14,21H,11H2,1-2H3,(H,19,20)/t14-,18+/m0/s1. The normalized spacial score (nSPS) is 23.4. The van der Waals surface area contributed by atoms with Crippen molar-refractivity contribution in [3.63, 3.8) is 0 Å². The molecule has 3 rings (SSSR count). The number of benzene rings is 2. The number of aliphatic hydroxyl groups is 1. The summed E-state index contributed by atoms with van der Waals surface area (Å²) in [5.74, 6) is 0.386. The highest BCUT2D eigenvalue weighted by Crippen LogP contribution is 2.42. The maximum absolute atomic E-state index is 12.3. The third-order valence-electron chi connectivity index (χ3n) is 4.34. The first kappa shape index (κ1) is 15.4. The van der Waals surface area contributed by atoms with Gasteiger partial charge in [0.05, 0.1) is 14.2 Å². The average molecular weight is 313 g/mol. The molecule has 1 saturated heterocycles. The van der Waals surface area contributed by atoms with E-state index >= 15 is 0 Å². The van der Waals surface area contributed by atoms with E-state index in [0.29, 0.717) is 23.6 Å². The van der Waals surface area contributed by atoms with Crippen LogP contribution in [0.15, 0.2) is 48.5 Å². The van der Waals surface area contributed by atoms with Gasteiger partial charge in [0.15, 0.2) is 17.1 Å². The lowest BCUT2D eigenvalue weighted by Crippen LogP contribution is -2.38. The van der Waals surface area contributed by atoms with Gasteiger partial charge >= 0.3 is 0 Å². The number of hydrogen-bond donors (Lipinski definition) is 2. The molecule has 0 unspecified atom stereocenters. The molecule has 0 aromatic heterocycles. The third kappa shape index (κ3) is 2.43. The van der Waals surface area contributed by atoms with Crippen molar-refractivity contribution < 1.29 is 19.4 Å². The molecule has 1 heterocycles. The summed E-state index contributed by atoms with van der Waals surface area (Å²) in [6.45, 7) is 0.361. The van der Waals surface area contributed by atoms with E-state index < -0.39 is 11.5 Å². The van der Waals surface area contributed by atoms with Gasteiger partial charge in [-0.05, 0) is 23.3 Å². The van der Waals surface area contributed by atoms with Gasteiger partial charge in [-0.25, -0.2) is 0 Å². The van der Waals surface area contributed by atoms with Crippen molar-refractivity contribution in [3.05, 3.63) is 59.7 Å². The van der Waals surface area contributed by atoms with Gasteiger partial charge in [0, 0.05) is 12.5 Å². The Morgan fingerprint density at radius 2 is 1.78 bits per heavy atom. The first-order valence-corrected chi connectivity index (χ1v) is 7.39. The number of hydrogen-bond acceptors (Lipinski definition) is 4. The Kier molecular flexibility index (Phi) is 3.96. The highest BCUT2D eigenvalue weighted by Gasteiger charge is 2.51. The fraction of sp³-hybridized carbons (Fsp3) is 0.278. The molecule has 5 nitrogen and oxygen atoms in total. The van der Waals surface area contributed by atoms with Gasteiger partial charge in [-0.1, -0.05) is 36.4 Å². The third-order valence-corrected chi connectivity index (χ3v) is 4.34. The summed E-state index contributed by atoms with van der Waals surface area (Å²) in [5.41, 5.74) is -0.206. The minimum atomic E-state index is -1.60. The van der Waals surface area contributed by atoms with Crippen LogP contribution in [0.25, 0.3) is 0 Å². The molecule has 2 atom stereocenters. The van der Waals surface area contributed by atoms with Gasteiger partial charge in [0.25, 0.3) is 5.91 Å². The monoisotopic (exact) mass is 313 g/mol. The Bertz CT molecular complexity index is 716. The van der Waals surface area contributed by atoms with Crippen LogP contribution in [0.1, 0.15) is 17.0 Å². The quantitative estimate of drug-likeness (QED) is 0.903. The molecule has 120 valence electrons. The number of carbonyl (C=O) groups is 1. The number of amides is 1. The predicted octanol–water partition coefficient (Wildman–Crippen LogP) is 1.81. The number of rotatable bonds is 4. The second kappa shape index (κ2) is 5.93. The molecule has 0 spiro atoms. The topological polar surface area (TPSA) is 67.8 Å².